The summed E-state index contributed by atoms with van der Waals surface area (Å²) in [5, 5.41) is 12.4. The molecule has 2 atom stereocenters. The molecule has 6 heteroatoms. The van der Waals surface area contributed by atoms with E-state index in [4.69, 9.17) is 9.47 Å². The van der Waals surface area contributed by atoms with Gasteiger partial charge in [0, 0.05) is 0 Å². The van der Waals surface area contributed by atoms with Gasteiger partial charge in [-0.05, 0) is 43.2 Å². The van der Waals surface area contributed by atoms with E-state index in [1.165, 1.54) is 0 Å². The van der Waals surface area contributed by atoms with Gasteiger partial charge >= 0.3 is 5.97 Å². The number of hydrogen-bond donors (Lipinski definition) is 2. The monoisotopic (exact) mass is 311 g/mol. The van der Waals surface area contributed by atoms with Crippen LogP contribution in [0.1, 0.15) is 18.9 Å². The van der Waals surface area contributed by atoms with Crippen molar-refractivity contribution in [2.75, 3.05) is 20.0 Å². The summed E-state index contributed by atoms with van der Waals surface area (Å²) in [5.74, 6) is 1.44. The maximum Gasteiger partial charge on any atom is 0.320 e. The van der Waals surface area contributed by atoms with E-state index in [1.807, 2.05) is 25.1 Å². The lowest BCUT2D eigenvalue weighted by Gasteiger charge is -2.38. The molecular weight excluding hydrogens is 290 g/mol. The van der Waals surface area contributed by atoms with Crippen LogP contribution in [0.5, 0.6) is 11.5 Å². The minimum Gasteiger partial charge on any atom is -0.493 e. The zero-order valence-electron chi connectivity index (χ0n) is 12.5. The molecule has 1 heterocycles. The fourth-order valence-corrected chi connectivity index (χ4v) is 3.85. The van der Waals surface area contributed by atoms with Crippen molar-refractivity contribution in [1.82, 2.24) is 5.32 Å². The van der Waals surface area contributed by atoms with Crippen molar-refractivity contribution in [2.45, 2.75) is 30.7 Å². The van der Waals surface area contributed by atoms with E-state index in [0.29, 0.717) is 17.9 Å². The zero-order valence-corrected chi connectivity index (χ0v) is 13.3. The van der Waals surface area contributed by atoms with Crippen molar-refractivity contribution in [2.24, 2.45) is 0 Å². The largest absolute Gasteiger partial charge is 0.493 e. The molecule has 116 valence electrons. The van der Waals surface area contributed by atoms with E-state index in [0.717, 1.165) is 17.7 Å². The number of aliphatic carboxylic acids is 1. The molecule has 1 fully saturated rings. The molecule has 1 saturated heterocycles. The molecule has 5 nitrogen and oxygen atoms in total. The lowest BCUT2D eigenvalue weighted by atomic mass is 10.0. The molecule has 0 spiro atoms. The molecule has 2 N–H and O–H groups in total. The van der Waals surface area contributed by atoms with Crippen LogP contribution in [0.3, 0.4) is 0 Å². The maximum absolute atomic E-state index is 11.2. The summed E-state index contributed by atoms with van der Waals surface area (Å²) in [4.78, 5) is 10.9. The van der Waals surface area contributed by atoms with Crippen molar-refractivity contribution in [3.8, 4) is 11.5 Å². The Bertz CT molecular complexity index is 522. The molecule has 2 rings (SSSR count). The maximum atomic E-state index is 11.2. The van der Waals surface area contributed by atoms with Gasteiger partial charge in [0.2, 0.25) is 0 Å². The molecule has 0 aliphatic carbocycles. The van der Waals surface area contributed by atoms with E-state index in [9.17, 15) is 9.90 Å². The van der Waals surface area contributed by atoms with Crippen LogP contribution in [0.4, 0.5) is 0 Å². The van der Waals surface area contributed by atoms with Crippen LogP contribution in [-0.2, 0) is 11.2 Å². The molecule has 0 amide bonds. The first-order valence-electron chi connectivity index (χ1n) is 6.83. The normalized spacial score (nSPS) is 25.4. The van der Waals surface area contributed by atoms with Gasteiger partial charge in [0.25, 0.3) is 0 Å². The molecule has 1 aliphatic rings. The summed E-state index contributed by atoms with van der Waals surface area (Å²) in [7, 11) is 3.21. The lowest BCUT2D eigenvalue weighted by Crippen LogP contribution is -2.54. The summed E-state index contributed by atoms with van der Waals surface area (Å²) in [6, 6.07) is 5.33. The first kappa shape index (κ1) is 16.0. The first-order chi connectivity index (χ1) is 9.97. The van der Waals surface area contributed by atoms with Gasteiger partial charge in [-0.2, -0.15) is 0 Å². The summed E-state index contributed by atoms with van der Waals surface area (Å²) in [6.07, 6.45) is 1.38. The number of thioether (sulfide) groups is 1. The molecule has 0 aromatic heterocycles. The Morgan fingerprint density at radius 3 is 2.76 bits per heavy atom. The van der Waals surface area contributed by atoms with Gasteiger partial charge in [-0.15, -0.1) is 11.8 Å². The predicted octanol–water partition coefficient (Wildman–Crippen LogP) is 2.14. The first-order valence-corrected chi connectivity index (χ1v) is 7.81. The third kappa shape index (κ3) is 3.83. The SMILES string of the molecule is COc1ccc(CC2(C)NC(C(=O)O)CCS2)cc1OC. The third-order valence-electron chi connectivity index (χ3n) is 3.59. The highest BCUT2D eigenvalue weighted by Gasteiger charge is 2.35. The highest BCUT2D eigenvalue weighted by molar-refractivity contribution is 8.00. The third-order valence-corrected chi connectivity index (χ3v) is 4.93. The molecule has 1 aromatic carbocycles. The van der Waals surface area contributed by atoms with Gasteiger partial charge in [0.05, 0.1) is 19.1 Å². The second-order valence-electron chi connectivity index (χ2n) is 5.27. The minimum atomic E-state index is -0.783. The van der Waals surface area contributed by atoms with Gasteiger partial charge < -0.3 is 14.6 Å². The Morgan fingerprint density at radius 1 is 1.43 bits per heavy atom. The number of carboxylic acids is 1. The van der Waals surface area contributed by atoms with Crippen molar-refractivity contribution in [3.05, 3.63) is 23.8 Å². The van der Waals surface area contributed by atoms with Crippen LogP contribution in [-0.4, -0.2) is 42.0 Å². The fraction of sp³-hybridized carbons (Fsp3) is 0.533. The Morgan fingerprint density at radius 2 is 2.14 bits per heavy atom. The summed E-state index contributed by atoms with van der Waals surface area (Å²) in [5.41, 5.74) is 1.08. The van der Waals surface area contributed by atoms with Crippen LogP contribution in [0.25, 0.3) is 0 Å². The topological polar surface area (TPSA) is 67.8 Å². The Kier molecular flexibility index (Phi) is 5.00. The molecule has 2 unspecified atom stereocenters. The van der Waals surface area contributed by atoms with E-state index in [1.54, 1.807) is 26.0 Å². The zero-order chi connectivity index (χ0) is 15.5. The summed E-state index contributed by atoms with van der Waals surface area (Å²) >= 11 is 1.76. The lowest BCUT2D eigenvalue weighted by molar-refractivity contribution is -0.140. The molecule has 1 aliphatic heterocycles. The van der Waals surface area contributed by atoms with E-state index in [-0.39, 0.29) is 4.87 Å². The molecule has 0 radical (unpaired) electrons. The van der Waals surface area contributed by atoms with Crippen LogP contribution in [0.15, 0.2) is 18.2 Å². The van der Waals surface area contributed by atoms with Crippen LogP contribution in [0.2, 0.25) is 0 Å². The van der Waals surface area contributed by atoms with Crippen LogP contribution >= 0.6 is 11.8 Å². The second-order valence-corrected chi connectivity index (χ2v) is 6.87. The van der Waals surface area contributed by atoms with Gasteiger partial charge in [-0.25, -0.2) is 0 Å². The molecular formula is C15H21NO4S. The number of benzene rings is 1. The molecule has 21 heavy (non-hydrogen) atoms. The molecule has 0 saturated carbocycles. The average Bonchev–Trinajstić information content (AvgIpc) is 2.46. The van der Waals surface area contributed by atoms with E-state index < -0.39 is 12.0 Å². The number of hydrogen-bond acceptors (Lipinski definition) is 5. The Hall–Kier alpha value is -1.40. The quantitative estimate of drug-likeness (QED) is 0.868. The highest BCUT2D eigenvalue weighted by Crippen LogP contribution is 2.34. The predicted molar refractivity (Wildman–Crippen MR) is 83.3 cm³/mol. The number of nitrogens with one attached hydrogen (secondary N) is 1. The number of methoxy groups -OCH3 is 2. The second kappa shape index (κ2) is 6.58. The van der Waals surface area contributed by atoms with Gasteiger partial charge in [0.1, 0.15) is 6.04 Å². The van der Waals surface area contributed by atoms with Crippen molar-refractivity contribution in [3.63, 3.8) is 0 Å². The number of ether oxygens (including phenoxy) is 2. The average molecular weight is 311 g/mol. The minimum absolute atomic E-state index is 0.291. The summed E-state index contributed by atoms with van der Waals surface area (Å²) in [6.45, 7) is 2.05. The number of rotatable bonds is 5. The van der Waals surface area contributed by atoms with Crippen molar-refractivity contribution < 1.29 is 19.4 Å². The van der Waals surface area contributed by atoms with E-state index >= 15 is 0 Å². The van der Waals surface area contributed by atoms with Crippen LogP contribution < -0.4 is 14.8 Å². The van der Waals surface area contributed by atoms with Gasteiger partial charge in [0.15, 0.2) is 11.5 Å². The highest BCUT2D eigenvalue weighted by atomic mass is 32.2. The van der Waals surface area contributed by atoms with Crippen LogP contribution in [0, 0.1) is 0 Å². The Labute approximate surface area is 129 Å². The molecule has 1 aromatic rings. The van der Waals surface area contributed by atoms with Gasteiger partial charge in [-0.1, -0.05) is 6.07 Å². The summed E-state index contributed by atoms with van der Waals surface area (Å²) < 4.78 is 10.5. The number of carbonyl (C=O) groups is 1. The van der Waals surface area contributed by atoms with Gasteiger partial charge in [-0.3, -0.25) is 10.1 Å². The standard InChI is InChI=1S/C15H21NO4S/c1-15(16-11(14(17)18)6-7-21-15)9-10-4-5-12(19-2)13(8-10)20-3/h4-5,8,11,16H,6-7,9H2,1-3H3,(H,17,18). The smallest absolute Gasteiger partial charge is 0.320 e. The fourth-order valence-electron chi connectivity index (χ4n) is 2.55. The van der Waals surface area contributed by atoms with E-state index in [2.05, 4.69) is 5.32 Å². The number of carboxylic acid groups (broad SMARTS) is 1. The Balaban J connectivity index is 2.14. The van der Waals surface area contributed by atoms with Crippen molar-refractivity contribution >= 4 is 17.7 Å². The van der Waals surface area contributed by atoms with Crippen molar-refractivity contribution in [1.29, 1.82) is 0 Å². The molecule has 0 bridgehead atoms.